The van der Waals surface area contributed by atoms with Crippen LogP contribution < -0.4 is 15.4 Å². The van der Waals surface area contributed by atoms with E-state index in [2.05, 4.69) is 20.6 Å². The molecule has 1 aromatic carbocycles. The molecule has 1 unspecified atom stereocenters. The van der Waals surface area contributed by atoms with Crippen LogP contribution in [-0.2, 0) is 22.7 Å². The van der Waals surface area contributed by atoms with Gasteiger partial charge in [0.2, 0.25) is 23.6 Å². The predicted molar refractivity (Wildman–Crippen MR) is 98.4 cm³/mol. The predicted octanol–water partition coefficient (Wildman–Crippen LogP) is 0.858. The molecular formula is C19H19N5O4. The van der Waals surface area contributed by atoms with E-state index in [0.29, 0.717) is 36.9 Å². The van der Waals surface area contributed by atoms with Gasteiger partial charge in [0.05, 0.1) is 7.11 Å². The van der Waals surface area contributed by atoms with Gasteiger partial charge in [-0.1, -0.05) is 12.1 Å². The molecule has 3 heterocycles. The van der Waals surface area contributed by atoms with Crippen LogP contribution in [-0.4, -0.2) is 45.7 Å². The Hall–Kier alpha value is -3.49. The van der Waals surface area contributed by atoms with Crippen molar-refractivity contribution in [1.82, 2.24) is 20.2 Å². The van der Waals surface area contributed by atoms with E-state index in [1.807, 2.05) is 18.2 Å². The van der Waals surface area contributed by atoms with E-state index in [0.717, 1.165) is 11.1 Å². The summed E-state index contributed by atoms with van der Waals surface area (Å²) in [7, 11) is 1.53. The number of hydrogen-bond acceptors (Lipinski definition) is 7. The number of hydrogen-bond donors (Lipinski definition) is 2. The maximum absolute atomic E-state index is 12.8. The third kappa shape index (κ3) is 3.38. The number of rotatable bonds is 5. The Balaban J connectivity index is 1.46. The number of amides is 3. The van der Waals surface area contributed by atoms with Crippen molar-refractivity contribution in [2.45, 2.75) is 32.0 Å². The zero-order valence-electron chi connectivity index (χ0n) is 15.3. The number of piperidine rings is 1. The van der Waals surface area contributed by atoms with Crippen LogP contribution in [0.5, 0.6) is 5.88 Å². The van der Waals surface area contributed by atoms with Gasteiger partial charge in [0, 0.05) is 37.3 Å². The number of anilines is 1. The summed E-state index contributed by atoms with van der Waals surface area (Å²) in [4.78, 5) is 46.1. The molecule has 9 nitrogen and oxygen atoms in total. The molecule has 0 radical (unpaired) electrons. The molecule has 1 saturated heterocycles. The van der Waals surface area contributed by atoms with Gasteiger partial charge in [-0.3, -0.25) is 19.7 Å². The minimum Gasteiger partial charge on any atom is -0.481 e. The quantitative estimate of drug-likeness (QED) is 0.739. The fraction of sp³-hybridized carbons (Fsp3) is 0.316. The Labute approximate surface area is 161 Å². The van der Waals surface area contributed by atoms with Gasteiger partial charge in [0.25, 0.3) is 5.91 Å². The molecule has 0 aliphatic carbocycles. The molecule has 1 atom stereocenters. The van der Waals surface area contributed by atoms with E-state index in [1.165, 1.54) is 12.0 Å². The van der Waals surface area contributed by atoms with Gasteiger partial charge in [-0.25, -0.2) is 4.98 Å². The standard InChI is InChI=1S/C19H19N5O4/c1-28-16-6-7-20-19(23-16)21-9-11-2-3-12-10-24(18(27)13(12)8-11)14-4-5-15(25)22-17(14)26/h2-3,6-8,14H,4-5,9-10H2,1H3,(H,20,21,23)(H,22,25,26). The minimum absolute atomic E-state index is 0.191. The number of carbonyl (C=O) groups excluding carboxylic acids is 3. The van der Waals surface area contributed by atoms with Crippen LogP contribution in [0.1, 0.15) is 34.3 Å². The molecule has 9 heteroatoms. The van der Waals surface area contributed by atoms with Gasteiger partial charge in [-0.15, -0.1) is 0 Å². The van der Waals surface area contributed by atoms with Crippen molar-refractivity contribution in [2.24, 2.45) is 0 Å². The largest absolute Gasteiger partial charge is 0.481 e. The van der Waals surface area contributed by atoms with Crippen LogP contribution in [0.2, 0.25) is 0 Å². The molecule has 2 aliphatic rings. The lowest BCUT2D eigenvalue weighted by atomic mass is 10.0. The normalized spacial score (nSPS) is 18.7. The van der Waals surface area contributed by atoms with Gasteiger partial charge >= 0.3 is 0 Å². The first-order valence-corrected chi connectivity index (χ1v) is 8.92. The van der Waals surface area contributed by atoms with E-state index in [4.69, 9.17) is 4.74 Å². The minimum atomic E-state index is -0.607. The highest BCUT2D eigenvalue weighted by Crippen LogP contribution is 2.28. The van der Waals surface area contributed by atoms with E-state index in [9.17, 15) is 14.4 Å². The van der Waals surface area contributed by atoms with Crippen molar-refractivity contribution in [3.05, 3.63) is 47.2 Å². The summed E-state index contributed by atoms with van der Waals surface area (Å²) in [6, 6.07) is 6.68. The van der Waals surface area contributed by atoms with Crippen molar-refractivity contribution in [3.8, 4) is 5.88 Å². The van der Waals surface area contributed by atoms with Crippen molar-refractivity contribution in [3.63, 3.8) is 0 Å². The number of benzene rings is 1. The molecule has 2 aliphatic heterocycles. The maximum atomic E-state index is 12.8. The van der Waals surface area contributed by atoms with Crippen molar-refractivity contribution in [1.29, 1.82) is 0 Å². The molecule has 4 rings (SSSR count). The molecule has 0 spiro atoms. The Morgan fingerprint density at radius 2 is 2.14 bits per heavy atom. The second kappa shape index (κ2) is 7.26. The maximum Gasteiger partial charge on any atom is 0.255 e. The number of carbonyl (C=O) groups is 3. The molecule has 0 bridgehead atoms. The number of aromatic nitrogens is 2. The zero-order valence-corrected chi connectivity index (χ0v) is 15.3. The lowest BCUT2D eigenvalue weighted by Gasteiger charge is -2.29. The van der Waals surface area contributed by atoms with Gasteiger partial charge in [-0.05, 0) is 23.6 Å². The van der Waals surface area contributed by atoms with Gasteiger partial charge in [0.15, 0.2) is 0 Å². The Morgan fingerprint density at radius 3 is 2.93 bits per heavy atom. The fourth-order valence-corrected chi connectivity index (χ4v) is 3.43. The highest BCUT2D eigenvalue weighted by molar-refractivity contribution is 6.05. The number of methoxy groups -OCH3 is 1. The fourth-order valence-electron chi connectivity index (χ4n) is 3.43. The number of nitrogens with zero attached hydrogens (tertiary/aromatic N) is 3. The summed E-state index contributed by atoms with van der Waals surface area (Å²) in [6.07, 6.45) is 2.19. The molecule has 28 heavy (non-hydrogen) atoms. The number of ether oxygens (including phenoxy) is 1. The Kier molecular flexibility index (Phi) is 4.64. The van der Waals surface area contributed by atoms with Crippen LogP contribution in [0.25, 0.3) is 0 Å². The van der Waals surface area contributed by atoms with E-state index in [1.54, 1.807) is 12.3 Å². The van der Waals surface area contributed by atoms with Crippen molar-refractivity contribution < 1.29 is 19.1 Å². The molecule has 1 fully saturated rings. The van der Waals surface area contributed by atoms with E-state index >= 15 is 0 Å². The van der Waals surface area contributed by atoms with Crippen LogP contribution in [0.15, 0.2) is 30.5 Å². The Bertz CT molecular complexity index is 961. The molecule has 144 valence electrons. The average molecular weight is 381 g/mol. The monoisotopic (exact) mass is 381 g/mol. The lowest BCUT2D eigenvalue weighted by molar-refractivity contribution is -0.136. The molecule has 3 amide bonds. The van der Waals surface area contributed by atoms with E-state index in [-0.39, 0.29) is 18.2 Å². The number of nitrogens with one attached hydrogen (secondary N) is 2. The van der Waals surface area contributed by atoms with Crippen molar-refractivity contribution in [2.75, 3.05) is 12.4 Å². The number of fused-ring (bicyclic) bond motifs is 1. The second-order valence-corrected chi connectivity index (χ2v) is 6.67. The smallest absolute Gasteiger partial charge is 0.255 e. The van der Waals surface area contributed by atoms with Crippen LogP contribution in [0.4, 0.5) is 5.95 Å². The summed E-state index contributed by atoms with van der Waals surface area (Å²) in [5, 5.41) is 5.41. The average Bonchev–Trinajstić information content (AvgIpc) is 3.02. The SMILES string of the molecule is COc1ccnc(NCc2ccc3c(c2)C(=O)N(C2CCC(=O)NC2=O)C3)n1. The summed E-state index contributed by atoms with van der Waals surface area (Å²) in [5.41, 5.74) is 2.34. The summed E-state index contributed by atoms with van der Waals surface area (Å²) < 4.78 is 5.07. The molecule has 0 saturated carbocycles. The third-order valence-electron chi connectivity index (χ3n) is 4.88. The molecule has 1 aromatic heterocycles. The van der Waals surface area contributed by atoms with Gasteiger partial charge < -0.3 is 15.0 Å². The van der Waals surface area contributed by atoms with E-state index < -0.39 is 11.9 Å². The van der Waals surface area contributed by atoms with Crippen LogP contribution in [0.3, 0.4) is 0 Å². The first-order valence-electron chi connectivity index (χ1n) is 8.92. The number of imide groups is 1. The third-order valence-corrected chi connectivity index (χ3v) is 4.88. The van der Waals surface area contributed by atoms with Crippen LogP contribution in [0, 0.1) is 0 Å². The summed E-state index contributed by atoms with van der Waals surface area (Å²) in [5.74, 6) is -0.00478. The highest BCUT2D eigenvalue weighted by atomic mass is 16.5. The van der Waals surface area contributed by atoms with Crippen molar-refractivity contribution >= 4 is 23.7 Å². The first kappa shape index (κ1) is 17.9. The summed E-state index contributed by atoms with van der Waals surface area (Å²) in [6.45, 7) is 0.805. The van der Waals surface area contributed by atoms with Gasteiger partial charge in [0.1, 0.15) is 6.04 Å². The molecular weight excluding hydrogens is 362 g/mol. The first-order chi connectivity index (χ1) is 13.5. The highest BCUT2D eigenvalue weighted by Gasteiger charge is 2.39. The lowest BCUT2D eigenvalue weighted by Crippen LogP contribution is -2.52. The molecule has 2 aromatic rings. The topological polar surface area (TPSA) is 114 Å². The molecule has 2 N–H and O–H groups in total. The van der Waals surface area contributed by atoms with Gasteiger partial charge in [-0.2, -0.15) is 4.98 Å². The second-order valence-electron chi connectivity index (χ2n) is 6.67. The zero-order chi connectivity index (χ0) is 19.7. The summed E-state index contributed by atoms with van der Waals surface area (Å²) >= 11 is 0. The van der Waals surface area contributed by atoms with Crippen LogP contribution >= 0.6 is 0 Å². The Morgan fingerprint density at radius 1 is 1.29 bits per heavy atom.